The smallest absolute Gasteiger partial charge is 0.222 e. The van der Waals surface area contributed by atoms with Gasteiger partial charge >= 0.3 is 0 Å². The second-order valence-corrected chi connectivity index (χ2v) is 6.69. The van der Waals surface area contributed by atoms with Crippen LogP contribution in [0.5, 0.6) is 0 Å². The van der Waals surface area contributed by atoms with Crippen LogP contribution in [0.1, 0.15) is 47.5 Å². The van der Waals surface area contributed by atoms with E-state index in [9.17, 15) is 4.79 Å². The maximum absolute atomic E-state index is 12.0. The number of nitrogens with zero attached hydrogens (tertiary/aromatic N) is 1. The largest absolute Gasteiger partial charge is 0.345 e. The lowest BCUT2D eigenvalue weighted by Crippen LogP contribution is -2.34. The Bertz CT molecular complexity index is 233. The number of carbonyl (C=O) groups is 1. The zero-order valence-corrected chi connectivity index (χ0v) is 12.4. The molecule has 0 aromatic rings. The fraction of sp³-hybridized carbons (Fsp3) is 0.929. The van der Waals surface area contributed by atoms with Crippen molar-refractivity contribution in [2.24, 2.45) is 23.0 Å². The molecule has 2 unspecified atom stereocenters. The Morgan fingerprint density at radius 2 is 1.76 bits per heavy atom. The van der Waals surface area contributed by atoms with E-state index in [0.29, 0.717) is 30.2 Å². The quantitative estimate of drug-likeness (QED) is 0.778. The Labute approximate surface area is 107 Å². The van der Waals surface area contributed by atoms with Crippen LogP contribution in [0.25, 0.3) is 0 Å². The minimum atomic E-state index is 0.238. The highest BCUT2D eigenvalue weighted by atomic mass is 16.2. The highest BCUT2D eigenvalue weighted by Crippen LogP contribution is 2.26. The predicted molar refractivity (Wildman–Crippen MR) is 73.7 cm³/mol. The first-order chi connectivity index (χ1) is 7.65. The fourth-order valence-electron chi connectivity index (χ4n) is 2.22. The van der Waals surface area contributed by atoms with Crippen LogP contribution in [-0.4, -0.2) is 30.9 Å². The van der Waals surface area contributed by atoms with E-state index in [1.807, 2.05) is 11.9 Å². The van der Waals surface area contributed by atoms with Crippen molar-refractivity contribution in [1.29, 1.82) is 0 Å². The molecular formula is C14H30N2O. The SMILES string of the molecule is CC(CN)CN(C)C(=O)CC(C)CC(C)(C)C. The summed E-state index contributed by atoms with van der Waals surface area (Å²) in [6.45, 7) is 12.3. The molecule has 3 nitrogen and oxygen atoms in total. The zero-order valence-electron chi connectivity index (χ0n) is 12.4. The van der Waals surface area contributed by atoms with Gasteiger partial charge in [-0.3, -0.25) is 4.79 Å². The lowest BCUT2D eigenvalue weighted by atomic mass is 9.84. The molecule has 0 saturated heterocycles. The average molecular weight is 242 g/mol. The molecule has 0 saturated carbocycles. The molecule has 102 valence electrons. The van der Waals surface area contributed by atoms with Crippen LogP contribution in [0.2, 0.25) is 0 Å². The second kappa shape index (κ2) is 7.00. The monoisotopic (exact) mass is 242 g/mol. The van der Waals surface area contributed by atoms with Gasteiger partial charge in [-0.2, -0.15) is 0 Å². The lowest BCUT2D eigenvalue weighted by molar-refractivity contribution is -0.131. The molecule has 0 bridgehead atoms. The third kappa shape index (κ3) is 8.19. The maximum atomic E-state index is 12.0. The van der Waals surface area contributed by atoms with Crippen molar-refractivity contribution in [3.05, 3.63) is 0 Å². The van der Waals surface area contributed by atoms with Crippen molar-refractivity contribution in [3.8, 4) is 0 Å². The molecule has 0 heterocycles. The number of nitrogens with two attached hydrogens (primary N) is 1. The summed E-state index contributed by atoms with van der Waals surface area (Å²) in [6, 6.07) is 0. The molecule has 17 heavy (non-hydrogen) atoms. The molecule has 0 fully saturated rings. The van der Waals surface area contributed by atoms with E-state index in [-0.39, 0.29) is 5.91 Å². The standard InChI is InChI=1S/C14H30N2O/c1-11(8-14(3,4)5)7-13(17)16(6)10-12(2)9-15/h11-12H,7-10,15H2,1-6H3. The lowest BCUT2D eigenvalue weighted by Gasteiger charge is -2.26. The number of carbonyl (C=O) groups excluding carboxylic acids is 1. The molecule has 0 rings (SSSR count). The van der Waals surface area contributed by atoms with E-state index in [2.05, 4.69) is 34.6 Å². The highest BCUT2D eigenvalue weighted by molar-refractivity contribution is 5.76. The van der Waals surface area contributed by atoms with Gasteiger partial charge in [0.1, 0.15) is 0 Å². The molecule has 3 heteroatoms. The summed E-state index contributed by atoms with van der Waals surface area (Å²) in [5.74, 6) is 1.06. The van der Waals surface area contributed by atoms with Gasteiger partial charge in [-0.1, -0.05) is 34.6 Å². The summed E-state index contributed by atoms with van der Waals surface area (Å²) in [6.07, 6.45) is 1.73. The van der Waals surface area contributed by atoms with Crippen LogP contribution in [-0.2, 0) is 4.79 Å². The van der Waals surface area contributed by atoms with E-state index >= 15 is 0 Å². The number of rotatable bonds is 6. The van der Waals surface area contributed by atoms with Crippen molar-refractivity contribution >= 4 is 5.91 Å². The number of hydrogen-bond acceptors (Lipinski definition) is 2. The minimum Gasteiger partial charge on any atom is -0.345 e. The Morgan fingerprint density at radius 3 is 2.18 bits per heavy atom. The van der Waals surface area contributed by atoms with E-state index in [1.165, 1.54) is 0 Å². The first-order valence-electron chi connectivity index (χ1n) is 6.59. The van der Waals surface area contributed by atoms with Gasteiger partial charge < -0.3 is 10.6 Å². The normalized spacial score (nSPS) is 15.5. The average Bonchev–Trinajstić information content (AvgIpc) is 2.14. The van der Waals surface area contributed by atoms with E-state index in [0.717, 1.165) is 13.0 Å². The van der Waals surface area contributed by atoms with Crippen molar-refractivity contribution < 1.29 is 4.79 Å². The van der Waals surface area contributed by atoms with Gasteiger partial charge in [0, 0.05) is 20.0 Å². The van der Waals surface area contributed by atoms with Crippen molar-refractivity contribution in [3.63, 3.8) is 0 Å². The summed E-state index contributed by atoms with van der Waals surface area (Å²) in [5.41, 5.74) is 5.86. The van der Waals surface area contributed by atoms with Gasteiger partial charge in [-0.15, -0.1) is 0 Å². The maximum Gasteiger partial charge on any atom is 0.222 e. The highest BCUT2D eigenvalue weighted by Gasteiger charge is 2.19. The molecular weight excluding hydrogens is 212 g/mol. The third-order valence-electron chi connectivity index (χ3n) is 2.90. The Kier molecular flexibility index (Phi) is 6.76. The van der Waals surface area contributed by atoms with Crippen LogP contribution in [0.4, 0.5) is 0 Å². The van der Waals surface area contributed by atoms with Gasteiger partial charge in [0.15, 0.2) is 0 Å². The summed E-state index contributed by atoms with van der Waals surface area (Å²) < 4.78 is 0. The van der Waals surface area contributed by atoms with Crippen LogP contribution in [0, 0.1) is 17.3 Å². The van der Waals surface area contributed by atoms with E-state index in [4.69, 9.17) is 5.73 Å². The number of amides is 1. The van der Waals surface area contributed by atoms with Gasteiger partial charge in [0.2, 0.25) is 5.91 Å². The van der Waals surface area contributed by atoms with Gasteiger partial charge in [-0.25, -0.2) is 0 Å². The molecule has 0 aromatic heterocycles. The van der Waals surface area contributed by atoms with Crippen LogP contribution >= 0.6 is 0 Å². The Hall–Kier alpha value is -0.570. The zero-order chi connectivity index (χ0) is 13.6. The summed E-state index contributed by atoms with van der Waals surface area (Å²) >= 11 is 0. The second-order valence-electron chi connectivity index (χ2n) is 6.69. The van der Waals surface area contributed by atoms with Crippen molar-refractivity contribution in [2.45, 2.75) is 47.5 Å². The first-order valence-corrected chi connectivity index (χ1v) is 6.59. The molecule has 0 aliphatic heterocycles. The molecule has 0 aliphatic carbocycles. The van der Waals surface area contributed by atoms with Gasteiger partial charge in [-0.05, 0) is 30.2 Å². The molecule has 1 amide bonds. The summed E-state index contributed by atoms with van der Waals surface area (Å²) in [4.78, 5) is 13.8. The third-order valence-corrected chi connectivity index (χ3v) is 2.90. The van der Waals surface area contributed by atoms with E-state index < -0.39 is 0 Å². The van der Waals surface area contributed by atoms with Crippen molar-refractivity contribution in [1.82, 2.24) is 4.90 Å². The molecule has 0 spiro atoms. The molecule has 0 aliphatic rings. The molecule has 0 radical (unpaired) electrons. The number of hydrogen-bond donors (Lipinski definition) is 1. The topological polar surface area (TPSA) is 46.3 Å². The van der Waals surface area contributed by atoms with Gasteiger partial charge in [0.25, 0.3) is 0 Å². The molecule has 2 atom stereocenters. The van der Waals surface area contributed by atoms with Crippen molar-refractivity contribution in [2.75, 3.05) is 20.1 Å². The van der Waals surface area contributed by atoms with Gasteiger partial charge in [0.05, 0.1) is 0 Å². The Balaban J connectivity index is 4.07. The summed E-state index contributed by atoms with van der Waals surface area (Å²) in [5, 5.41) is 0. The van der Waals surface area contributed by atoms with Crippen LogP contribution in [0.3, 0.4) is 0 Å². The van der Waals surface area contributed by atoms with E-state index in [1.54, 1.807) is 0 Å². The Morgan fingerprint density at radius 1 is 1.24 bits per heavy atom. The molecule has 0 aromatic carbocycles. The van der Waals surface area contributed by atoms with Crippen LogP contribution in [0.15, 0.2) is 0 Å². The van der Waals surface area contributed by atoms with Crippen LogP contribution < -0.4 is 5.73 Å². The minimum absolute atomic E-state index is 0.238. The molecule has 2 N–H and O–H groups in total. The summed E-state index contributed by atoms with van der Waals surface area (Å²) in [7, 11) is 1.87. The fourth-order valence-corrected chi connectivity index (χ4v) is 2.22. The predicted octanol–water partition coefficient (Wildman–Crippen LogP) is 2.50. The first kappa shape index (κ1) is 16.4.